The third kappa shape index (κ3) is 10.3. The molecule has 0 atom stereocenters. The Hall–Kier alpha value is -0.0200. The second kappa shape index (κ2) is 12.1. The second-order valence-electron chi connectivity index (χ2n) is 4.12. The molecule has 0 bridgehead atoms. The molecule has 2 nitrogen and oxygen atoms in total. The lowest BCUT2D eigenvalue weighted by molar-refractivity contribution is 0.411. The van der Waals surface area contributed by atoms with Crippen molar-refractivity contribution in [2.75, 3.05) is 13.1 Å². The first-order valence-corrected chi connectivity index (χ1v) is 7.09. The highest BCUT2D eigenvalue weighted by molar-refractivity contribution is 7.62. The molecule has 15 heavy (non-hydrogen) atoms. The molecule has 0 aromatic carbocycles. The summed E-state index contributed by atoms with van der Waals surface area (Å²) in [5.74, 6) is 0. The van der Waals surface area contributed by atoms with E-state index < -0.39 is 0 Å². The molecular weight excluding hydrogens is 206 g/mol. The molecule has 0 saturated carbocycles. The monoisotopic (exact) mass is 232 g/mol. The second-order valence-corrected chi connectivity index (χ2v) is 4.79. The number of hydrogen-bond donors (Lipinski definition) is 0. The van der Waals surface area contributed by atoms with Crippen molar-refractivity contribution in [1.29, 1.82) is 0 Å². The van der Waals surface area contributed by atoms with Crippen LogP contribution in [0.2, 0.25) is 0 Å². The SMILES string of the molecule is CCCCCCN(CCCCCC)[S+]=O. The molecular formula is C12H26NOS+. The molecule has 0 aliphatic heterocycles. The molecule has 0 radical (unpaired) electrons. The molecule has 0 aromatic rings. The van der Waals surface area contributed by atoms with Crippen molar-refractivity contribution < 1.29 is 4.21 Å². The Morgan fingerprint density at radius 3 is 1.60 bits per heavy atom. The van der Waals surface area contributed by atoms with Crippen LogP contribution in [0.25, 0.3) is 0 Å². The molecule has 0 aromatic heterocycles. The summed E-state index contributed by atoms with van der Waals surface area (Å²) in [5, 5.41) is 0. The minimum Gasteiger partial charge on any atom is -0.0654 e. The van der Waals surface area contributed by atoms with Crippen LogP contribution in [0.5, 0.6) is 0 Å². The van der Waals surface area contributed by atoms with Crippen LogP contribution in [0.15, 0.2) is 0 Å². The van der Waals surface area contributed by atoms with Gasteiger partial charge in [-0.05, 0) is 17.1 Å². The molecule has 0 fully saturated rings. The zero-order valence-electron chi connectivity index (χ0n) is 10.3. The van der Waals surface area contributed by atoms with Crippen LogP contribution in [0.3, 0.4) is 0 Å². The molecule has 0 heterocycles. The first-order valence-electron chi connectivity index (χ1n) is 6.40. The summed E-state index contributed by atoms with van der Waals surface area (Å²) in [6.45, 7) is 6.37. The van der Waals surface area contributed by atoms with Gasteiger partial charge in [0.1, 0.15) is 0 Å². The maximum atomic E-state index is 10.8. The molecule has 0 unspecified atom stereocenters. The van der Waals surface area contributed by atoms with E-state index >= 15 is 0 Å². The molecule has 0 aliphatic carbocycles. The van der Waals surface area contributed by atoms with Gasteiger partial charge in [-0.2, -0.15) is 0 Å². The minimum absolute atomic E-state index is 0.669. The number of rotatable bonds is 11. The normalized spacial score (nSPS) is 10.9. The zero-order valence-corrected chi connectivity index (χ0v) is 11.2. The van der Waals surface area contributed by atoms with Crippen molar-refractivity contribution in [3.05, 3.63) is 0 Å². The van der Waals surface area contributed by atoms with Gasteiger partial charge < -0.3 is 0 Å². The number of nitrogens with zero attached hydrogens (tertiary/aromatic N) is 1. The van der Waals surface area contributed by atoms with Gasteiger partial charge in [0.15, 0.2) is 0 Å². The Morgan fingerprint density at radius 1 is 0.800 bits per heavy atom. The van der Waals surface area contributed by atoms with Gasteiger partial charge in [-0.1, -0.05) is 52.4 Å². The van der Waals surface area contributed by atoms with E-state index in [1.807, 2.05) is 4.31 Å². The van der Waals surface area contributed by atoms with E-state index in [9.17, 15) is 4.21 Å². The predicted octanol–water partition coefficient (Wildman–Crippen LogP) is 3.79. The summed E-state index contributed by atoms with van der Waals surface area (Å²) in [7, 11) is 0. The molecule has 0 rings (SSSR count). The lowest BCUT2D eigenvalue weighted by Crippen LogP contribution is -2.21. The van der Waals surface area contributed by atoms with Crippen molar-refractivity contribution in [1.82, 2.24) is 4.31 Å². The van der Waals surface area contributed by atoms with Crippen LogP contribution in [0.4, 0.5) is 0 Å². The number of unbranched alkanes of at least 4 members (excludes halogenated alkanes) is 6. The van der Waals surface area contributed by atoms with Crippen molar-refractivity contribution >= 4 is 11.9 Å². The lowest BCUT2D eigenvalue weighted by Gasteiger charge is -2.03. The summed E-state index contributed by atoms with van der Waals surface area (Å²) in [5.41, 5.74) is 0. The van der Waals surface area contributed by atoms with Gasteiger partial charge >= 0.3 is 11.9 Å². The Balaban J connectivity index is 3.34. The third-order valence-corrected chi connectivity index (χ3v) is 3.20. The van der Waals surface area contributed by atoms with Crippen LogP contribution < -0.4 is 0 Å². The Labute approximate surface area is 99.1 Å². The van der Waals surface area contributed by atoms with Gasteiger partial charge in [-0.25, -0.2) is 0 Å². The van der Waals surface area contributed by atoms with E-state index in [1.54, 1.807) is 0 Å². The Kier molecular flexibility index (Phi) is 12.0. The molecule has 0 N–H and O–H groups in total. The molecule has 0 amide bonds. The van der Waals surface area contributed by atoms with Gasteiger partial charge in [-0.3, -0.25) is 0 Å². The fourth-order valence-corrected chi connectivity index (χ4v) is 2.02. The van der Waals surface area contributed by atoms with Crippen molar-refractivity contribution in [3.8, 4) is 0 Å². The van der Waals surface area contributed by atoms with Crippen LogP contribution in [-0.2, 0) is 16.1 Å². The minimum atomic E-state index is 0.669. The van der Waals surface area contributed by atoms with Gasteiger partial charge in [-0.15, -0.1) is 0 Å². The van der Waals surface area contributed by atoms with Crippen LogP contribution >= 0.6 is 0 Å². The number of hydrogen-bond acceptors (Lipinski definition) is 1. The molecule has 90 valence electrons. The fraction of sp³-hybridized carbons (Fsp3) is 1.00. The van der Waals surface area contributed by atoms with E-state index in [1.165, 1.54) is 51.4 Å². The van der Waals surface area contributed by atoms with Gasteiger partial charge in [0.25, 0.3) is 0 Å². The molecule has 0 spiro atoms. The first kappa shape index (κ1) is 15.0. The quantitative estimate of drug-likeness (QED) is 0.301. The largest absolute Gasteiger partial charge is 0.590 e. The zero-order chi connectivity index (χ0) is 11.4. The van der Waals surface area contributed by atoms with Crippen LogP contribution in [0.1, 0.15) is 65.2 Å². The highest BCUT2D eigenvalue weighted by Crippen LogP contribution is 2.04. The van der Waals surface area contributed by atoms with Crippen molar-refractivity contribution in [2.45, 2.75) is 65.2 Å². The van der Waals surface area contributed by atoms with Gasteiger partial charge in [0, 0.05) is 0 Å². The van der Waals surface area contributed by atoms with Crippen LogP contribution in [0, 0.1) is 0 Å². The Bertz CT molecular complexity index is 130. The summed E-state index contributed by atoms with van der Waals surface area (Å²) in [6.07, 6.45) is 10.0. The standard InChI is InChI=1S/C12H26NOS/c1-3-5-7-9-11-13(15-14)12-10-8-6-4-2/h3-12H2,1-2H3/q+1. The summed E-state index contributed by atoms with van der Waals surface area (Å²) in [4.78, 5) is 0. The average molecular weight is 232 g/mol. The maximum Gasteiger partial charge on any atom is 0.590 e. The van der Waals surface area contributed by atoms with Gasteiger partial charge in [0.2, 0.25) is 0 Å². The molecule has 0 saturated heterocycles. The maximum absolute atomic E-state index is 10.8. The summed E-state index contributed by atoms with van der Waals surface area (Å²) >= 11 is 0.669. The molecule has 0 aliphatic rings. The van der Waals surface area contributed by atoms with E-state index in [2.05, 4.69) is 13.8 Å². The highest BCUT2D eigenvalue weighted by atomic mass is 32.2. The van der Waals surface area contributed by atoms with Crippen LogP contribution in [-0.4, -0.2) is 17.4 Å². The summed E-state index contributed by atoms with van der Waals surface area (Å²) < 4.78 is 12.8. The van der Waals surface area contributed by atoms with E-state index in [4.69, 9.17) is 0 Å². The van der Waals surface area contributed by atoms with Crippen molar-refractivity contribution in [3.63, 3.8) is 0 Å². The smallest absolute Gasteiger partial charge is 0.0654 e. The Morgan fingerprint density at radius 2 is 1.27 bits per heavy atom. The van der Waals surface area contributed by atoms with Gasteiger partial charge in [0.05, 0.1) is 17.3 Å². The topological polar surface area (TPSA) is 20.3 Å². The highest BCUT2D eigenvalue weighted by Gasteiger charge is 2.15. The van der Waals surface area contributed by atoms with E-state index in [0.29, 0.717) is 11.9 Å². The van der Waals surface area contributed by atoms with Crippen molar-refractivity contribution in [2.24, 2.45) is 0 Å². The fourth-order valence-electron chi connectivity index (χ4n) is 1.62. The third-order valence-electron chi connectivity index (χ3n) is 2.63. The predicted molar refractivity (Wildman–Crippen MR) is 67.9 cm³/mol. The molecule has 3 heteroatoms. The first-order chi connectivity index (χ1) is 7.35. The lowest BCUT2D eigenvalue weighted by atomic mass is 10.2. The summed E-state index contributed by atoms with van der Waals surface area (Å²) in [6, 6.07) is 0. The van der Waals surface area contributed by atoms with E-state index in [0.717, 1.165) is 13.1 Å². The van der Waals surface area contributed by atoms with E-state index in [-0.39, 0.29) is 0 Å². The average Bonchev–Trinajstić information content (AvgIpc) is 2.27.